The lowest BCUT2D eigenvalue weighted by Gasteiger charge is -2.27. The molecule has 112 valence electrons. The van der Waals surface area contributed by atoms with E-state index in [1.165, 1.54) is 0 Å². The van der Waals surface area contributed by atoms with Crippen molar-refractivity contribution in [1.29, 1.82) is 0 Å². The molecule has 0 aromatic carbocycles. The average molecular weight is 287 g/mol. The quantitative estimate of drug-likeness (QED) is 0.934. The second-order valence-corrected chi connectivity index (χ2v) is 5.82. The third kappa shape index (κ3) is 2.51. The molecule has 0 radical (unpaired) electrons. The number of hydrogen-bond acceptors (Lipinski definition) is 4. The maximum absolute atomic E-state index is 12.5. The minimum absolute atomic E-state index is 0.0274. The summed E-state index contributed by atoms with van der Waals surface area (Å²) in [6.07, 6.45) is 3.71. The summed E-state index contributed by atoms with van der Waals surface area (Å²) in [6.45, 7) is 5.25. The first-order chi connectivity index (χ1) is 10.1. The topological polar surface area (TPSA) is 63.1 Å². The number of anilines is 1. The lowest BCUT2D eigenvalue weighted by molar-refractivity contribution is -0.120. The molecular formula is C15H21N5O. The molecule has 1 aliphatic heterocycles. The van der Waals surface area contributed by atoms with E-state index in [1.54, 1.807) is 6.20 Å². The highest BCUT2D eigenvalue weighted by Gasteiger charge is 2.32. The number of aromatic nitrogens is 3. The van der Waals surface area contributed by atoms with Gasteiger partial charge in [0.05, 0.1) is 6.04 Å². The van der Waals surface area contributed by atoms with E-state index >= 15 is 0 Å². The summed E-state index contributed by atoms with van der Waals surface area (Å²) in [5.74, 6) is 0.587. The van der Waals surface area contributed by atoms with Gasteiger partial charge in [0.2, 0.25) is 11.9 Å². The van der Waals surface area contributed by atoms with Gasteiger partial charge < -0.3 is 0 Å². The molecule has 1 aliphatic rings. The smallest absolute Gasteiger partial charge is 0.244 e. The third-order valence-electron chi connectivity index (χ3n) is 4.12. The molecular weight excluding hydrogens is 266 g/mol. The largest absolute Gasteiger partial charge is 0.298 e. The van der Waals surface area contributed by atoms with Crippen molar-refractivity contribution in [3.63, 3.8) is 0 Å². The number of nitrogens with zero attached hydrogens (tertiary/aromatic N) is 4. The molecule has 2 aromatic heterocycles. The van der Waals surface area contributed by atoms with Crippen molar-refractivity contribution in [3.05, 3.63) is 18.3 Å². The predicted octanol–water partition coefficient (Wildman–Crippen LogP) is 1.78. The first-order valence-electron chi connectivity index (χ1n) is 7.42. The Morgan fingerprint density at radius 2 is 2.29 bits per heavy atom. The van der Waals surface area contributed by atoms with Crippen LogP contribution in [0.2, 0.25) is 0 Å². The van der Waals surface area contributed by atoms with Crippen molar-refractivity contribution in [2.75, 3.05) is 11.9 Å². The van der Waals surface area contributed by atoms with Gasteiger partial charge in [0.15, 0.2) is 5.65 Å². The van der Waals surface area contributed by atoms with Gasteiger partial charge in [0.1, 0.15) is 5.52 Å². The van der Waals surface area contributed by atoms with Crippen molar-refractivity contribution in [2.45, 2.75) is 38.8 Å². The molecule has 1 saturated heterocycles. The van der Waals surface area contributed by atoms with Crippen molar-refractivity contribution >= 4 is 23.0 Å². The molecule has 1 unspecified atom stereocenters. The molecule has 6 heteroatoms. The van der Waals surface area contributed by atoms with Crippen LogP contribution in [0.5, 0.6) is 0 Å². The number of rotatable bonds is 3. The van der Waals surface area contributed by atoms with Gasteiger partial charge in [-0.2, -0.15) is 0 Å². The lowest BCUT2D eigenvalue weighted by Crippen LogP contribution is -2.43. The van der Waals surface area contributed by atoms with Crippen LogP contribution >= 0.6 is 0 Å². The van der Waals surface area contributed by atoms with Crippen LogP contribution in [0.4, 0.5) is 5.95 Å². The number of carbonyl (C=O) groups is 1. The number of imidazole rings is 1. The Balaban J connectivity index is 1.82. The summed E-state index contributed by atoms with van der Waals surface area (Å²) in [4.78, 5) is 23.5. The highest BCUT2D eigenvalue weighted by Crippen LogP contribution is 2.22. The SMILES string of the molecule is CC(C)N1CCCC1C(=O)Nc1nc2cccnc2n1C. The van der Waals surface area contributed by atoms with Crippen LogP contribution in [0.3, 0.4) is 0 Å². The maximum atomic E-state index is 12.5. The third-order valence-corrected chi connectivity index (χ3v) is 4.12. The molecule has 2 aromatic rings. The van der Waals surface area contributed by atoms with E-state index in [4.69, 9.17) is 0 Å². The monoisotopic (exact) mass is 287 g/mol. The Morgan fingerprint density at radius 3 is 3.00 bits per heavy atom. The Bertz CT molecular complexity index is 663. The van der Waals surface area contributed by atoms with Gasteiger partial charge in [-0.25, -0.2) is 9.97 Å². The minimum Gasteiger partial charge on any atom is -0.298 e. The van der Waals surface area contributed by atoms with E-state index in [1.807, 2.05) is 23.7 Å². The van der Waals surface area contributed by atoms with Crippen molar-refractivity contribution in [3.8, 4) is 0 Å². The summed E-state index contributed by atoms with van der Waals surface area (Å²) in [7, 11) is 1.87. The molecule has 1 atom stereocenters. The van der Waals surface area contributed by atoms with E-state index in [-0.39, 0.29) is 11.9 Å². The number of hydrogen-bond donors (Lipinski definition) is 1. The van der Waals surface area contributed by atoms with E-state index in [9.17, 15) is 4.79 Å². The molecule has 6 nitrogen and oxygen atoms in total. The lowest BCUT2D eigenvalue weighted by atomic mass is 10.2. The fourth-order valence-electron chi connectivity index (χ4n) is 3.02. The first-order valence-corrected chi connectivity index (χ1v) is 7.42. The molecule has 0 spiro atoms. The van der Waals surface area contributed by atoms with Crippen LogP contribution in [0.15, 0.2) is 18.3 Å². The zero-order valence-corrected chi connectivity index (χ0v) is 12.7. The van der Waals surface area contributed by atoms with Gasteiger partial charge in [0, 0.05) is 19.3 Å². The van der Waals surface area contributed by atoms with Crippen LogP contribution in [0, 0.1) is 0 Å². The van der Waals surface area contributed by atoms with Gasteiger partial charge in [0.25, 0.3) is 0 Å². The number of likely N-dealkylation sites (tertiary alicyclic amines) is 1. The second kappa shape index (κ2) is 5.44. The Hall–Kier alpha value is -1.95. The molecule has 3 heterocycles. The Morgan fingerprint density at radius 1 is 1.48 bits per heavy atom. The zero-order valence-electron chi connectivity index (χ0n) is 12.7. The average Bonchev–Trinajstić information content (AvgIpc) is 3.05. The fraction of sp³-hybridized carbons (Fsp3) is 0.533. The van der Waals surface area contributed by atoms with E-state index < -0.39 is 0 Å². The highest BCUT2D eigenvalue weighted by molar-refractivity contribution is 5.95. The summed E-state index contributed by atoms with van der Waals surface area (Å²) in [5, 5.41) is 2.96. The van der Waals surface area contributed by atoms with Gasteiger partial charge >= 0.3 is 0 Å². The minimum atomic E-state index is -0.0576. The van der Waals surface area contributed by atoms with Crippen LogP contribution < -0.4 is 5.32 Å². The van der Waals surface area contributed by atoms with Crippen LogP contribution in [-0.2, 0) is 11.8 Å². The summed E-state index contributed by atoms with van der Waals surface area (Å²) in [5.41, 5.74) is 1.57. The van der Waals surface area contributed by atoms with Crippen LogP contribution in [0.1, 0.15) is 26.7 Å². The second-order valence-electron chi connectivity index (χ2n) is 5.82. The molecule has 3 rings (SSSR count). The summed E-state index contributed by atoms with van der Waals surface area (Å²) < 4.78 is 1.82. The fourth-order valence-corrected chi connectivity index (χ4v) is 3.02. The molecule has 21 heavy (non-hydrogen) atoms. The van der Waals surface area contributed by atoms with E-state index in [0.717, 1.165) is 30.6 Å². The van der Waals surface area contributed by atoms with Gasteiger partial charge in [-0.1, -0.05) is 0 Å². The van der Waals surface area contributed by atoms with Gasteiger partial charge in [-0.15, -0.1) is 0 Å². The number of aryl methyl sites for hydroxylation is 1. The molecule has 0 saturated carbocycles. The Kier molecular flexibility index (Phi) is 3.63. The normalized spacial score (nSPS) is 19.5. The molecule has 0 bridgehead atoms. The van der Waals surface area contributed by atoms with Gasteiger partial charge in [-0.05, 0) is 45.4 Å². The molecule has 1 N–H and O–H groups in total. The number of carbonyl (C=O) groups excluding carboxylic acids is 1. The summed E-state index contributed by atoms with van der Waals surface area (Å²) in [6, 6.07) is 4.06. The molecule has 0 aliphatic carbocycles. The summed E-state index contributed by atoms with van der Waals surface area (Å²) >= 11 is 0. The maximum Gasteiger partial charge on any atom is 0.244 e. The highest BCUT2D eigenvalue weighted by atomic mass is 16.2. The molecule has 1 fully saturated rings. The van der Waals surface area contributed by atoms with Crippen molar-refractivity contribution < 1.29 is 4.79 Å². The van der Waals surface area contributed by atoms with E-state index in [2.05, 4.69) is 34.0 Å². The van der Waals surface area contributed by atoms with Crippen molar-refractivity contribution in [1.82, 2.24) is 19.4 Å². The van der Waals surface area contributed by atoms with Crippen LogP contribution in [0.25, 0.3) is 11.2 Å². The number of amides is 1. The zero-order chi connectivity index (χ0) is 15.0. The number of nitrogens with one attached hydrogen (secondary N) is 1. The number of pyridine rings is 1. The predicted molar refractivity (Wildman–Crippen MR) is 82.0 cm³/mol. The number of fused-ring (bicyclic) bond motifs is 1. The van der Waals surface area contributed by atoms with Crippen LogP contribution in [-0.4, -0.2) is 44.0 Å². The molecule has 1 amide bonds. The first kappa shape index (κ1) is 14.0. The van der Waals surface area contributed by atoms with E-state index in [0.29, 0.717) is 12.0 Å². The van der Waals surface area contributed by atoms with Gasteiger partial charge in [-0.3, -0.25) is 19.6 Å². The standard InChI is InChI=1S/C15H21N5O/c1-10(2)20-9-5-7-12(20)14(21)18-15-17-11-6-4-8-16-13(11)19(15)3/h4,6,8,10,12H,5,7,9H2,1-3H3,(H,17,18,21). The van der Waals surface area contributed by atoms with Crippen molar-refractivity contribution in [2.24, 2.45) is 7.05 Å². The Labute approximate surface area is 124 Å².